The molecule has 3 aromatic carbocycles. The Hall–Kier alpha value is -3.31. The molecule has 0 amide bonds. The van der Waals surface area contributed by atoms with Crippen molar-refractivity contribution in [3.8, 4) is 11.5 Å². The molecular weight excluding hydrogens is 462 g/mol. The lowest BCUT2D eigenvalue weighted by atomic mass is 10.1. The lowest BCUT2D eigenvalue weighted by molar-refractivity contribution is -0.876. The van der Waals surface area contributed by atoms with Gasteiger partial charge in [-0.1, -0.05) is 86.3 Å². The van der Waals surface area contributed by atoms with E-state index in [1.165, 1.54) is 12.0 Å². The Kier molecular flexibility index (Phi) is 12.6. The van der Waals surface area contributed by atoms with Crippen LogP contribution in [-0.2, 0) is 22.6 Å². The van der Waals surface area contributed by atoms with E-state index >= 15 is 0 Å². The third-order valence-electron chi connectivity index (χ3n) is 6.39. The third kappa shape index (κ3) is 11.1. The number of esters is 1. The van der Waals surface area contributed by atoms with Gasteiger partial charge < -0.3 is 19.1 Å². The number of nitrogens with one attached hydrogen (secondary N) is 1. The number of likely N-dealkylation sites (N-methyl/N-ethyl adjacent to an activating group) is 1. The third-order valence-corrected chi connectivity index (χ3v) is 6.39. The molecule has 0 aliphatic rings. The smallest absolute Gasteiger partial charge is 0.365 e. The molecule has 0 radical (unpaired) electrons. The van der Waals surface area contributed by atoms with Gasteiger partial charge in [0, 0.05) is 6.42 Å². The van der Waals surface area contributed by atoms with E-state index in [0.717, 1.165) is 60.7 Å². The van der Waals surface area contributed by atoms with E-state index in [1.807, 2.05) is 74.8 Å². The molecule has 198 valence electrons. The van der Waals surface area contributed by atoms with Crippen LogP contribution in [0.15, 0.2) is 84.9 Å². The number of unbranched alkanes of at least 4 members (excludes halogenated alkanes) is 5. The highest BCUT2D eigenvalue weighted by molar-refractivity contribution is 5.74. The molecule has 0 saturated carbocycles. The normalized spacial score (nSPS) is 11.8. The first-order valence-corrected chi connectivity index (χ1v) is 13.5. The Morgan fingerprint density at radius 1 is 0.649 bits per heavy atom. The van der Waals surface area contributed by atoms with Crippen LogP contribution >= 0.6 is 0 Å². The first kappa shape index (κ1) is 28.3. The largest absolute Gasteiger partial charge is 0.494 e. The second kappa shape index (κ2) is 16.4. The maximum absolute atomic E-state index is 12.6. The molecule has 1 N–H and O–H groups in total. The number of quaternary nitrogens is 1. The number of hydrogen-bond acceptors (Lipinski definition) is 4. The van der Waals surface area contributed by atoms with E-state index in [0.29, 0.717) is 19.6 Å². The molecule has 0 bridgehead atoms. The van der Waals surface area contributed by atoms with Crippen LogP contribution in [-0.4, -0.2) is 39.3 Å². The first-order chi connectivity index (χ1) is 18.1. The topological polar surface area (TPSA) is 49.2 Å². The lowest BCUT2D eigenvalue weighted by Crippen LogP contribution is -3.11. The second-order valence-corrected chi connectivity index (χ2v) is 9.70. The fraction of sp³-hybridized carbons (Fsp3) is 0.406. The molecule has 0 aliphatic heterocycles. The fourth-order valence-electron chi connectivity index (χ4n) is 4.12. The quantitative estimate of drug-likeness (QED) is 0.201. The number of carbonyl (C=O) groups is 1. The predicted molar refractivity (Wildman–Crippen MR) is 148 cm³/mol. The van der Waals surface area contributed by atoms with Gasteiger partial charge in [-0.25, -0.2) is 4.79 Å². The van der Waals surface area contributed by atoms with Gasteiger partial charge in [-0.3, -0.25) is 0 Å². The van der Waals surface area contributed by atoms with Crippen LogP contribution in [0.1, 0.15) is 49.7 Å². The van der Waals surface area contributed by atoms with Crippen LogP contribution < -0.4 is 14.4 Å². The van der Waals surface area contributed by atoms with E-state index in [-0.39, 0.29) is 12.0 Å². The molecule has 3 rings (SSSR count). The van der Waals surface area contributed by atoms with Crippen LogP contribution in [0.2, 0.25) is 0 Å². The van der Waals surface area contributed by atoms with Crippen molar-refractivity contribution in [1.29, 1.82) is 0 Å². The van der Waals surface area contributed by atoms with Crippen LogP contribution in [0.25, 0.3) is 0 Å². The summed E-state index contributed by atoms with van der Waals surface area (Å²) >= 11 is 0. The molecule has 37 heavy (non-hydrogen) atoms. The summed E-state index contributed by atoms with van der Waals surface area (Å²) in [5, 5.41) is 0. The molecule has 0 saturated heterocycles. The van der Waals surface area contributed by atoms with Gasteiger partial charge >= 0.3 is 5.97 Å². The standard InChI is InChI=1S/C32H41NO4/c1-33(2)31(25-27-15-9-7-10-16-27)32(34)36-24-14-6-4-3-5-13-23-35-29-19-21-30(22-20-29)37-26-28-17-11-8-12-18-28/h7-12,15-22,31H,3-6,13-14,23-26H2,1-2H3/p+1/t31-/m1/s1. The summed E-state index contributed by atoms with van der Waals surface area (Å²) in [6, 6.07) is 28.0. The summed E-state index contributed by atoms with van der Waals surface area (Å²) in [6.07, 6.45) is 7.20. The maximum atomic E-state index is 12.6. The minimum absolute atomic E-state index is 0.100. The summed E-state index contributed by atoms with van der Waals surface area (Å²) in [5.41, 5.74) is 2.32. The van der Waals surface area contributed by atoms with Crippen molar-refractivity contribution in [3.63, 3.8) is 0 Å². The van der Waals surface area contributed by atoms with Crippen molar-refractivity contribution in [2.75, 3.05) is 27.3 Å². The van der Waals surface area contributed by atoms with Crippen molar-refractivity contribution in [2.24, 2.45) is 0 Å². The highest BCUT2D eigenvalue weighted by Gasteiger charge is 2.26. The zero-order valence-electron chi connectivity index (χ0n) is 22.4. The molecule has 0 aromatic heterocycles. The van der Waals surface area contributed by atoms with Gasteiger partial charge in [-0.2, -0.15) is 0 Å². The number of rotatable bonds is 17. The summed E-state index contributed by atoms with van der Waals surface area (Å²) in [6.45, 7) is 1.79. The zero-order valence-corrected chi connectivity index (χ0v) is 22.4. The summed E-state index contributed by atoms with van der Waals surface area (Å²) < 4.78 is 17.3. The summed E-state index contributed by atoms with van der Waals surface area (Å²) in [7, 11) is 4.02. The molecule has 0 unspecified atom stereocenters. The Bertz CT molecular complexity index is 1010. The molecule has 0 fully saturated rings. The van der Waals surface area contributed by atoms with Gasteiger partial charge in [0.2, 0.25) is 0 Å². The summed E-state index contributed by atoms with van der Waals surface area (Å²) in [4.78, 5) is 13.7. The molecule has 5 heteroatoms. The molecule has 3 aromatic rings. The Balaban J connectivity index is 1.18. The number of ether oxygens (including phenoxy) is 3. The van der Waals surface area contributed by atoms with Gasteiger partial charge in [0.1, 0.15) is 18.1 Å². The Labute approximate surface area is 222 Å². The lowest BCUT2D eigenvalue weighted by Gasteiger charge is -2.20. The number of benzene rings is 3. The second-order valence-electron chi connectivity index (χ2n) is 9.70. The van der Waals surface area contributed by atoms with E-state index < -0.39 is 0 Å². The molecule has 0 spiro atoms. The SMILES string of the molecule is C[NH+](C)[C@H](Cc1ccccc1)C(=O)OCCCCCCCCOc1ccc(OCc2ccccc2)cc1. The van der Waals surface area contributed by atoms with Gasteiger partial charge in [0.15, 0.2) is 6.04 Å². The zero-order chi connectivity index (χ0) is 26.1. The number of hydrogen-bond donors (Lipinski definition) is 1. The van der Waals surface area contributed by atoms with Crippen LogP contribution in [0.5, 0.6) is 11.5 Å². The van der Waals surface area contributed by atoms with E-state index in [4.69, 9.17) is 14.2 Å². The summed E-state index contributed by atoms with van der Waals surface area (Å²) in [5.74, 6) is 1.62. The predicted octanol–water partition coefficient (Wildman–Crippen LogP) is 5.28. The molecule has 5 nitrogen and oxygen atoms in total. The molecule has 0 heterocycles. The van der Waals surface area contributed by atoms with E-state index in [2.05, 4.69) is 24.3 Å². The van der Waals surface area contributed by atoms with Crippen molar-refractivity contribution in [2.45, 2.75) is 57.6 Å². The average Bonchev–Trinajstić information content (AvgIpc) is 2.93. The fourth-order valence-corrected chi connectivity index (χ4v) is 4.12. The van der Waals surface area contributed by atoms with Crippen LogP contribution in [0.4, 0.5) is 0 Å². The number of carbonyl (C=O) groups excluding carboxylic acids is 1. The molecule has 0 aliphatic carbocycles. The van der Waals surface area contributed by atoms with E-state index in [1.54, 1.807) is 0 Å². The first-order valence-electron chi connectivity index (χ1n) is 13.5. The maximum Gasteiger partial charge on any atom is 0.365 e. The van der Waals surface area contributed by atoms with Crippen molar-refractivity contribution in [3.05, 3.63) is 96.1 Å². The Morgan fingerprint density at radius 2 is 1.16 bits per heavy atom. The van der Waals surface area contributed by atoms with Crippen LogP contribution in [0, 0.1) is 0 Å². The molecule has 1 atom stereocenters. The van der Waals surface area contributed by atoms with Crippen molar-refractivity contribution in [1.82, 2.24) is 0 Å². The van der Waals surface area contributed by atoms with E-state index in [9.17, 15) is 4.79 Å². The van der Waals surface area contributed by atoms with Gasteiger partial charge in [0.25, 0.3) is 0 Å². The minimum atomic E-state index is -0.166. The average molecular weight is 505 g/mol. The monoisotopic (exact) mass is 504 g/mol. The van der Waals surface area contributed by atoms with Crippen molar-refractivity contribution < 1.29 is 23.9 Å². The highest BCUT2D eigenvalue weighted by Crippen LogP contribution is 2.19. The minimum Gasteiger partial charge on any atom is -0.494 e. The van der Waals surface area contributed by atoms with Gasteiger partial charge in [-0.15, -0.1) is 0 Å². The highest BCUT2D eigenvalue weighted by atomic mass is 16.5. The van der Waals surface area contributed by atoms with Crippen LogP contribution in [0.3, 0.4) is 0 Å². The van der Waals surface area contributed by atoms with Gasteiger partial charge in [-0.05, 0) is 48.2 Å². The Morgan fingerprint density at radius 3 is 1.76 bits per heavy atom. The van der Waals surface area contributed by atoms with Gasteiger partial charge in [0.05, 0.1) is 27.3 Å². The van der Waals surface area contributed by atoms with Crippen molar-refractivity contribution >= 4 is 5.97 Å². The molecular formula is C32H42NO4+.